The molecule has 0 unspecified atom stereocenters. The van der Waals surface area contributed by atoms with Crippen LogP contribution in [0.2, 0.25) is 5.02 Å². The van der Waals surface area contributed by atoms with E-state index in [0.717, 1.165) is 12.8 Å². The Morgan fingerprint density at radius 2 is 2.19 bits per heavy atom. The summed E-state index contributed by atoms with van der Waals surface area (Å²) in [6.07, 6.45) is 3.38. The van der Waals surface area contributed by atoms with Crippen molar-refractivity contribution in [3.05, 3.63) is 39.8 Å². The molecular weight excluding hydrogens is 313 g/mol. The first kappa shape index (κ1) is 15.8. The van der Waals surface area contributed by atoms with E-state index in [1.807, 2.05) is 6.08 Å². The number of hydrogen-bond acceptors (Lipinski definition) is 2. The first-order chi connectivity index (χ1) is 7.07. The largest absolute Gasteiger partial charge is 0.506 e. The molecule has 0 radical (unpaired) electrons. The quantitative estimate of drug-likeness (QED) is 0.815. The van der Waals surface area contributed by atoms with Crippen molar-refractivity contribution in [3.8, 4) is 5.75 Å². The van der Waals surface area contributed by atoms with Gasteiger partial charge in [0, 0.05) is 11.6 Å². The van der Waals surface area contributed by atoms with E-state index < -0.39 is 0 Å². The maximum atomic E-state index is 9.81. The third-order valence-corrected chi connectivity index (χ3v) is 3.53. The van der Waals surface area contributed by atoms with Gasteiger partial charge in [-0.3, -0.25) is 0 Å². The molecule has 90 valence electrons. The molecule has 5 heteroatoms. The minimum Gasteiger partial charge on any atom is -0.506 e. The predicted molar refractivity (Wildman–Crippen MR) is 74.4 cm³/mol. The summed E-state index contributed by atoms with van der Waals surface area (Å²) in [5.41, 5.74) is 6.63. The Hall–Kier alpha value is -0.220. The molecule has 1 aromatic carbocycles. The van der Waals surface area contributed by atoms with Gasteiger partial charge < -0.3 is 10.8 Å². The molecule has 2 nitrogen and oxygen atoms in total. The summed E-state index contributed by atoms with van der Waals surface area (Å²) in [7, 11) is 0. The van der Waals surface area contributed by atoms with Crippen LogP contribution in [0.3, 0.4) is 0 Å². The fraction of sp³-hybridized carbons (Fsp3) is 0.273. The van der Waals surface area contributed by atoms with Crippen molar-refractivity contribution in [1.82, 2.24) is 0 Å². The molecule has 0 aromatic heterocycles. The summed E-state index contributed by atoms with van der Waals surface area (Å²) < 4.78 is 0.496. The topological polar surface area (TPSA) is 46.2 Å². The zero-order chi connectivity index (χ0) is 11.4. The highest BCUT2D eigenvalue weighted by molar-refractivity contribution is 9.10. The Balaban J connectivity index is 0.00000225. The number of phenols is 1. The van der Waals surface area contributed by atoms with Crippen LogP contribution in [0.15, 0.2) is 29.3 Å². The summed E-state index contributed by atoms with van der Waals surface area (Å²) >= 11 is 9.04. The van der Waals surface area contributed by atoms with Gasteiger partial charge in [0.25, 0.3) is 0 Å². The van der Waals surface area contributed by atoms with Crippen molar-refractivity contribution in [2.24, 2.45) is 5.73 Å². The molecule has 0 aliphatic heterocycles. The molecule has 0 aliphatic carbocycles. The number of aromatic hydroxyl groups is 1. The molecule has 0 amide bonds. The number of phenolic OH excluding ortho intramolecular Hbond substituents is 1. The highest BCUT2D eigenvalue weighted by Crippen LogP contribution is 2.37. The minimum atomic E-state index is -0.198. The Labute approximate surface area is 115 Å². The Bertz CT molecular complexity index is 371. The molecule has 0 saturated carbocycles. The maximum Gasteiger partial charge on any atom is 0.136 e. The van der Waals surface area contributed by atoms with E-state index in [-0.39, 0.29) is 24.2 Å². The molecule has 0 heterocycles. The highest BCUT2D eigenvalue weighted by atomic mass is 79.9. The molecule has 1 aromatic rings. The first-order valence-corrected chi connectivity index (χ1v) is 5.78. The van der Waals surface area contributed by atoms with Crippen LogP contribution in [-0.2, 0) is 0 Å². The Morgan fingerprint density at radius 3 is 2.75 bits per heavy atom. The van der Waals surface area contributed by atoms with E-state index in [9.17, 15) is 5.11 Å². The Kier molecular flexibility index (Phi) is 7.07. The van der Waals surface area contributed by atoms with Crippen LogP contribution in [0.1, 0.15) is 24.4 Å². The van der Waals surface area contributed by atoms with Crippen molar-refractivity contribution in [2.45, 2.75) is 18.9 Å². The molecule has 0 spiro atoms. The van der Waals surface area contributed by atoms with Crippen LogP contribution in [0.5, 0.6) is 5.75 Å². The third kappa shape index (κ3) is 3.67. The monoisotopic (exact) mass is 325 g/mol. The highest BCUT2D eigenvalue weighted by Gasteiger charge is 2.14. The van der Waals surface area contributed by atoms with Gasteiger partial charge in [0.1, 0.15) is 5.75 Å². The minimum absolute atomic E-state index is 0. The van der Waals surface area contributed by atoms with Crippen molar-refractivity contribution in [1.29, 1.82) is 0 Å². The summed E-state index contributed by atoms with van der Waals surface area (Å²) in [6, 6.07) is 3.27. The second kappa shape index (κ2) is 7.17. The third-order valence-electron chi connectivity index (χ3n) is 2.18. The van der Waals surface area contributed by atoms with E-state index in [1.165, 1.54) is 0 Å². The molecular formula is C11H14BrCl2NO. The average molecular weight is 327 g/mol. The lowest BCUT2D eigenvalue weighted by molar-refractivity contribution is 0.455. The van der Waals surface area contributed by atoms with E-state index in [1.54, 1.807) is 12.1 Å². The van der Waals surface area contributed by atoms with Gasteiger partial charge >= 0.3 is 0 Å². The summed E-state index contributed by atoms with van der Waals surface area (Å²) in [6.45, 7) is 3.63. The summed E-state index contributed by atoms with van der Waals surface area (Å²) in [4.78, 5) is 0. The van der Waals surface area contributed by atoms with Gasteiger partial charge in [-0.25, -0.2) is 0 Å². The van der Waals surface area contributed by atoms with E-state index in [4.69, 9.17) is 17.3 Å². The first-order valence-electron chi connectivity index (χ1n) is 4.61. The van der Waals surface area contributed by atoms with Crippen LogP contribution in [-0.4, -0.2) is 5.11 Å². The SMILES string of the molecule is C=CCC[C@H](N)c1ccc(Cl)c(Br)c1O.Cl. The van der Waals surface area contributed by atoms with Gasteiger partial charge in [-0.2, -0.15) is 0 Å². The van der Waals surface area contributed by atoms with E-state index >= 15 is 0 Å². The Morgan fingerprint density at radius 1 is 1.56 bits per heavy atom. The van der Waals surface area contributed by atoms with Crippen LogP contribution in [0.4, 0.5) is 0 Å². The molecule has 1 atom stereocenters. The van der Waals surface area contributed by atoms with Gasteiger partial charge in [0.05, 0.1) is 9.50 Å². The van der Waals surface area contributed by atoms with Crippen LogP contribution in [0, 0.1) is 0 Å². The molecule has 0 bridgehead atoms. The van der Waals surface area contributed by atoms with Crippen molar-refractivity contribution in [3.63, 3.8) is 0 Å². The van der Waals surface area contributed by atoms with Crippen molar-refractivity contribution < 1.29 is 5.11 Å². The molecule has 16 heavy (non-hydrogen) atoms. The van der Waals surface area contributed by atoms with Crippen LogP contribution < -0.4 is 5.73 Å². The normalized spacial score (nSPS) is 11.7. The van der Waals surface area contributed by atoms with Gasteiger partial charge in [-0.1, -0.05) is 23.7 Å². The summed E-state index contributed by atoms with van der Waals surface area (Å²) in [5, 5.41) is 10.3. The lowest BCUT2D eigenvalue weighted by Crippen LogP contribution is -2.10. The standard InChI is InChI=1S/C11H13BrClNO.ClH/c1-2-3-4-9(14)7-5-6-8(13)10(12)11(7)15;/h2,5-6,9,15H,1,3-4,14H2;1H/t9-;/m0./s1. The van der Waals surface area contributed by atoms with E-state index in [0.29, 0.717) is 15.1 Å². The molecule has 0 fully saturated rings. The van der Waals surface area contributed by atoms with Crippen molar-refractivity contribution >= 4 is 39.9 Å². The fourth-order valence-electron chi connectivity index (χ4n) is 1.31. The number of benzene rings is 1. The van der Waals surface area contributed by atoms with Crippen LogP contribution >= 0.6 is 39.9 Å². The molecule has 0 saturated heterocycles. The van der Waals surface area contributed by atoms with Crippen LogP contribution in [0.25, 0.3) is 0 Å². The lowest BCUT2D eigenvalue weighted by Gasteiger charge is -2.14. The van der Waals surface area contributed by atoms with Gasteiger partial charge in [0.15, 0.2) is 0 Å². The number of allylic oxidation sites excluding steroid dienone is 1. The second-order valence-corrected chi connectivity index (χ2v) is 4.47. The van der Waals surface area contributed by atoms with Gasteiger partial charge in [-0.05, 0) is 34.8 Å². The second-order valence-electron chi connectivity index (χ2n) is 3.27. The summed E-state index contributed by atoms with van der Waals surface area (Å²) in [5.74, 6) is 0.124. The van der Waals surface area contributed by atoms with Gasteiger partial charge in [0.2, 0.25) is 0 Å². The zero-order valence-corrected chi connectivity index (χ0v) is 11.8. The lowest BCUT2D eigenvalue weighted by atomic mass is 10.0. The van der Waals surface area contributed by atoms with Gasteiger partial charge in [-0.15, -0.1) is 19.0 Å². The molecule has 0 aliphatic rings. The number of halogens is 3. The predicted octanol–water partition coefficient (Wildman–Crippen LogP) is 4.20. The number of nitrogens with two attached hydrogens (primary N) is 1. The fourth-order valence-corrected chi connectivity index (χ4v) is 1.82. The molecule has 1 rings (SSSR count). The smallest absolute Gasteiger partial charge is 0.136 e. The maximum absolute atomic E-state index is 9.81. The zero-order valence-electron chi connectivity index (χ0n) is 8.62. The average Bonchev–Trinajstić information content (AvgIpc) is 2.23. The number of hydrogen-bond donors (Lipinski definition) is 2. The van der Waals surface area contributed by atoms with E-state index in [2.05, 4.69) is 22.5 Å². The number of rotatable bonds is 4. The molecule has 3 N–H and O–H groups in total. The van der Waals surface area contributed by atoms with Crippen molar-refractivity contribution in [2.75, 3.05) is 0 Å².